The van der Waals surface area contributed by atoms with Crippen molar-refractivity contribution in [2.75, 3.05) is 0 Å². The van der Waals surface area contributed by atoms with E-state index in [1.807, 2.05) is 24.3 Å². The van der Waals surface area contributed by atoms with E-state index in [4.69, 9.17) is 9.57 Å². The highest BCUT2D eigenvalue weighted by Gasteiger charge is 2.41. The molecule has 1 amide bonds. The Kier molecular flexibility index (Phi) is 4.86. The third-order valence-electron chi connectivity index (χ3n) is 5.56. The average molecular weight is 329 g/mol. The average Bonchev–Trinajstić information content (AvgIpc) is 2.90. The fourth-order valence-corrected chi connectivity index (χ4v) is 4.21. The van der Waals surface area contributed by atoms with Crippen molar-refractivity contribution in [3.63, 3.8) is 0 Å². The van der Waals surface area contributed by atoms with Crippen LogP contribution in [0.4, 0.5) is 0 Å². The number of benzene rings is 1. The van der Waals surface area contributed by atoms with E-state index in [1.165, 1.54) is 43.6 Å². The molecule has 1 aromatic rings. The van der Waals surface area contributed by atoms with Gasteiger partial charge in [-0.15, -0.1) is 0 Å². The highest BCUT2D eigenvalue weighted by molar-refractivity contribution is 5.98. The van der Waals surface area contributed by atoms with Gasteiger partial charge in [-0.05, 0) is 31.7 Å². The van der Waals surface area contributed by atoms with Crippen LogP contribution in [0.25, 0.3) is 0 Å². The molecule has 2 saturated carbocycles. The molecule has 0 saturated heterocycles. The van der Waals surface area contributed by atoms with Crippen LogP contribution in [0.1, 0.15) is 86.4 Å². The lowest BCUT2D eigenvalue weighted by Gasteiger charge is -2.33. The van der Waals surface area contributed by atoms with Crippen LogP contribution in [0.5, 0.6) is 0 Å². The maximum Gasteiger partial charge on any atom is 0.280 e. The maximum absolute atomic E-state index is 12.8. The molecule has 4 rings (SSSR count). The van der Waals surface area contributed by atoms with Crippen molar-refractivity contribution in [3.05, 3.63) is 35.4 Å². The number of ether oxygens (including phenoxy) is 1. The molecule has 1 aliphatic heterocycles. The minimum atomic E-state index is -0.376. The summed E-state index contributed by atoms with van der Waals surface area (Å²) >= 11 is 0. The van der Waals surface area contributed by atoms with Gasteiger partial charge in [0.15, 0.2) is 6.23 Å². The van der Waals surface area contributed by atoms with E-state index in [0.29, 0.717) is 0 Å². The summed E-state index contributed by atoms with van der Waals surface area (Å²) in [6, 6.07) is 7.79. The number of hydrogen-bond donors (Lipinski definition) is 0. The zero-order valence-corrected chi connectivity index (χ0v) is 14.3. The molecule has 2 aliphatic carbocycles. The molecule has 0 spiro atoms. The van der Waals surface area contributed by atoms with Crippen LogP contribution < -0.4 is 0 Å². The van der Waals surface area contributed by atoms with Gasteiger partial charge in [0.05, 0.1) is 12.2 Å². The van der Waals surface area contributed by atoms with Gasteiger partial charge in [0.1, 0.15) is 0 Å². The fourth-order valence-electron chi connectivity index (χ4n) is 4.21. The number of amides is 1. The molecular formula is C20H27NO3. The van der Waals surface area contributed by atoms with Gasteiger partial charge in [-0.3, -0.25) is 9.63 Å². The fraction of sp³-hybridized carbons (Fsp3) is 0.650. The first-order valence-corrected chi connectivity index (χ1v) is 9.57. The van der Waals surface area contributed by atoms with Crippen LogP contribution in [-0.2, 0) is 9.57 Å². The lowest BCUT2D eigenvalue weighted by Crippen LogP contribution is -2.36. The number of fused-ring (bicyclic) bond motifs is 1. The van der Waals surface area contributed by atoms with Crippen molar-refractivity contribution in [2.24, 2.45) is 0 Å². The Morgan fingerprint density at radius 2 is 1.46 bits per heavy atom. The summed E-state index contributed by atoms with van der Waals surface area (Å²) < 4.78 is 6.38. The van der Waals surface area contributed by atoms with E-state index in [2.05, 4.69) is 0 Å². The van der Waals surface area contributed by atoms with Crippen LogP contribution in [0, 0.1) is 0 Å². The van der Waals surface area contributed by atoms with Gasteiger partial charge in [-0.25, -0.2) is 0 Å². The Hall–Kier alpha value is -1.39. The highest BCUT2D eigenvalue weighted by Crippen LogP contribution is 2.39. The standard InChI is InChI=1S/C20H27NO3/c22-19-17-13-7-8-14-18(17)20(23-15-9-3-1-4-10-15)21(19)24-16-11-5-2-6-12-16/h7-8,13-16,20H,1-6,9-12H2. The molecule has 0 bridgehead atoms. The molecule has 1 unspecified atom stereocenters. The second-order valence-corrected chi connectivity index (χ2v) is 7.33. The molecule has 0 radical (unpaired) electrons. The molecule has 24 heavy (non-hydrogen) atoms. The molecule has 0 aromatic heterocycles. The number of hydroxylamine groups is 2. The largest absolute Gasteiger partial charge is 0.348 e. The lowest BCUT2D eigenvalue weighted by atomic mass is 9.97. The smallest absolute Gasteiger partial charge is 0.280 e. The molecule has 2 fully saturated rings. The molecule has 1 heterocycles. The number of carbonyl (C=O) groups excluding carboxylic acids is 1. The quantitative estimate of drug-likeness (QED) is 0.800. The second-order valence-electron chi connectivity index (χ2n) is 7.33. The van der Waals surface area contributed by atoms with E-state index in [1.54, 1.807) is 0 Å². The van der Waals surface area contributed by atoms with Gasteiger partial charge < -0.3 is 4.74 Å². The maximum atomic E-state index is 12.8. The first-order valence-electron chi connectivity index (χ1n) is 9.57. The monoisotopic (exact) mass is 329 g/mol. The van der Waals surface area contributed by atoms with Crippen molar-refractivity contribution < 1.29 is 14.4 Å². The van der Waals surface area contributed by atoms with Crippen LogP contribution in [0.2, 0.25) is 0 Å². The summed E-state index contributed by atoms with van der Waals surface area (Å²) in [6.07, 6.45) is 11.6. The summed E-state index contributed by atoms with van der Waals surface area (Å²) in [5.74, 6) is -0.0445. The topological polar surface area (TPSA) is 38.8 Å². The SMILES string of the molecule is O=C1c2ccccc2C(OC2CCCCC2)N1OC1CCCCC1. The zero-order chi connectivity index (χ0) is 16.4. The minimum absolute atomic E-state index is 0.0445. The van der Waals surface area contributed by atoms with Crippen molar-refractivity contribution >= 4 is 5.91 Å². The van der Waals surface area contributed by atoms with Gasteiger partial charge in [0, 0.05) is 11.1 Å². The van der Waals surface area contributed by atoms with Crippen molar-refractivity contribution in [1.82, 2.24) is 5.06 Å². The van der Waals surface area contributed by atoms with Crippen LogP contribution in [0.15, 0.2) is 24.3 Å². The molecule has 4 heteroatoms. The summed E-state index contributed by atoms with van der Waals surface area (Å²) in [4.78, 5) is 19.0. The first-order chi connectivity index (χ1) is 11.8. The molecule has 1 aromatic carbocycles. The molecule has 3 aliphatic rings. The second kappa shape index (κ2) is 7.24. The van der Waals surface area contributed by atoms with E-state index in [-0.39, 0.29) is 24.3 Å². The molecule has 130 valence electrons. The van der Waals surface area contributed by atoms with Crippen LogP contribution in [0.3, 0.4) is 0 Å². The molecule has 1 atom stereocenters. The number of nitrogens with zero attached hydrogens (tertiary/aromatic N) is 1. The van der Waals surface area contributed by atoms with E-state index in [0.717, 1.165) is 36.8 Å². The molecule has 0 N–H and O–H groups in total. The Bertz CT molecular complexity index is 576. The Labute approximate surface area is 144 Å². The van der Waals surface area contributed by atoms with E-state index >= 15 is 0 Å². The lowest BCUT2D eigenvalue weighted by molar-refractivity contribution is -0.258. The van der Waals surface area contributed by atoms with Crippen LogP contribution in [-0.4, -0.2) is 23.2 Å². The third kappa shape index (κ3) is 3.22. The predicted octanol–water partition coefficient (Wildman–Crippen LogP) is 4.75. The first kappa shape index (κ1) is 16.1. The summed E-state index contributed by atoms with van der Waals surface area (Å²) in [6.45, 7) is 0. The summed E-state index contributed by atoms with van der Waals surface area (Å²) in [7, 11) is 0. The Morgan fingerprint density at radius 3 is 2.17 bits per heavy atom. The van der Waals surface area contributed by atoms with Crippen LogP contribution >= 0.6 is 0 Å². The normalized spacial score (nSPS) is 25.9. The van der Waals surface area contributed by atoms with Gasteiger partial charge >= 0.3 is 0 Å². The zero-order valence-electron chi connectivity index (χ0n) is 14.3. The number of carbonyl (C=O) groups is 1. The summed E-state index contributed by atoms with van der Waals surface area (Å²) in [5, 5.41) is 1.54. The van der Waals surface area contributed by atoms with Crippen molar-refractivity contribution in [1.29, 1.82) is 0 Å². The Morgan fingerprint density at radius 1 is 0.833 bits per heavy atom. The van der Waals surface area contributed by atoms with E-state index < -0.39 is 0 Å². The highest BCUT2D eigenvalue weighted by atomic mass is 16.7. The number of rotatable bonds is 4. The van der Waals surface area contributed by atoms with Gasteiger partial charge in [-0.2, -0.15) is 5.06 Å². The predicted molar refractivity (Wildman–Crippen MR) is 91.3 cm³/mol. The van der Waals surface area contributed by atoms with Crippen molar-refractivity contribution in [3.8, 4) is 0 Å². The van der Waals surface area contributed by atoms with Gasteiger partial charge in [0.2, 0.25) is 0 Å². The van der Waals surface area contributed by atoms with Crippen molar-refractivity contribution in [2.45, 2.75) is 82.6 Å². The minimum Gasteiger partial charge on any atom is -0.348 e. The Balaban J connectivity index is 1.54. The molecular weight excluding hydrogens is 302 g/mol. The summed E-state index contributed by atoms with van der Waals surface area (Å²) in [5.41, 5.74) is 1.69. The van der Waals surface area contributed by atoms with Gasteiger partial charge in [-0.1, -0.05) is 56.7 Å². The van der Waals surface area contributed by atoms with Gasteiger partial charge in [0.25, 0.3) is 5.91 Å². The number of hydrogen-bond acceptors (Lipinski definition) is 3. The third-order valence-corrected chi connectivity index (χ3v) is 5.56. The van der Waals surface area contributed by atoms with E-state index in [9.17, 15) is 4.79 Å². The molecule has 4 nitrogen and oxygen atoms in total.